The summed E-state index contributed by atoms with van der Waals surface area (Å²) in [7, 11) is -3.66. The van der Waals surface area contributed by atoms with E-state index in [-0.39, 0.29) is 4.90 Å². The van der Waals surface area contributed by atoms with Crippen molar-refractivity contribution in [3.63, 3.8) is 0 Å². The zero-order valence-electron chi connectivity index (χ0n) is 17.9. The van der Waals surface area contributed by atoms with Crippen LogP contribution in [0.1, 0.15) is 23.6 Å². The third-order valence-electron chi connectivity index (χ3n) is 4.76. The maximum atomic E-state index is 11.3. The summed E-state index contributed by atoms with van der Waals surface area (Å²) in [5.41, 5.74) is 3.10. The van der Waals surface area contributed by atoms with Crippen LogP contribution in [-0.4, -0.2) is 21.6 Å². The zero-order chi connectivity index (χ0) is 23.0. The monoisotopic (exact) mass is 474 g/mol. The molecule has 0 fully saturated rings. The van der Waals surface area contributed by atoms with Gasteiger partial charge in [-0.3, -0.25) is 0 Å². The normalized spacial score (nSPS) is 11.3. The minimum Gasteiger partial charge on any atom is -0.490 e. The number of rotatable bonds is 11. The Kier molecular flexibility index (Phi) is 8.53. The Labute approximate surface area is 194 Å². The van der Waals surface area contributed by atoms with Gasteiger partial charge in [-0.2, -0.15) is 0 Å². The van der Waals surface area contributed by atoms with Gasteiger partial charge in [0.2, 0.25) is 10.0 Å². The van der Waals surface area contributed by atoms with E-state index in [1.165, 1.54) is 12.1 Å². The first-order valence-corrected chi connectivity index (χ1v) is 12.2. The number of hydrogen-bond donors (Lipinski definition) is 2. The largest absolute Gasteiger partial charge is 0.490 e. The summed E-state index contributed by atoms with van der Waals surface area (Å²) >= 11 is 6.04. The lowest BCUT2D eigenvalue weighted by Crippen LogP contribution is -2.17. The van der Waals surface area contributed by atoms with E-state index in [0.717, 1.165) is 29.7 Å². The molecule has 0 radical (unpaired) electrons. The van der Waals surface area contributed by atoms with Crippen LogP contribution < -0.4 is 19.9 Å². The predicted molar refractivity (Wildman–Crippen MR) is 127 cm³/mol. The number of hydrogen-bond acceptors (Lipinski definition) is 5. The molecule has 0 saturated carbocycles. The van der Waals surface area contributed by atoms with Crippen LogP contribution in [0.5, 0.6) is 11.5 Å². The van der Waals surface area contributed by atoms with Gasteiger partial charge in [0.1, 0.15) is 6.61 Å². The molecule has 32 heavy (non-hydrogen) atoms. The molecule has 0 aliphatic heterocycles. The van der Waals surface area contributed by atoms with Crippen molar-refractivity contribution in [3.05, 3.63) is 88.4 Å². The van der Waals surface area contributed by atoms with Gasteiger partial charge in [-0.1, -0.05) is 41.9 Å². The van der Waals surface area contributed by atoms with Gasteiger partial charge in [-0.25, -0.2) is 13.6 Å². The van der Waals surface area contributed by atoms with Gasteiger partial charge in [-0.05, 0) is 73.0 Å². The standard InChI is InChI=1S/C24H27ClN2O4S/c1-2-30-24-15-19(8-11-23(24)31-17-20-4-3-5-21(25)14-20)16-27-13-12-18-6-9-22(10-7-18)32(26,28)29/h3-11,14-15,27H,2,12-13,16-17H2,1H3,(H2,26,28,29). The molecule has 0 aliphatic rings. The Hall–Kier alpha value is -2.58. The molecule has 0 amide bonds. The highest BCUT2D eigenvalue weighted by molar-refractivity contribution is 7.89. The quantitative estimate of drug-likeness (QED) is 0.404. The fourth-order valence-electron chi connectivity index (χ4n) is 3.15. The highest BCUT2D eigenvalue weighted by Gasteiger charge is 2.08. The molecule has 3 aromatic carbocycles. The lowest BCUT2D eigenvalue weighted by molar-refractivity contribution is 0.269. The van der Waals surface area contributed by atoms with E-state index in [4.69, 9.17) is 26.2 Å². The number of nitrogens with two attached hydrogens (primary N) is 1. The average molecular weight is 475 g/mol. The van der Waals surface area contributed by atoms with Crippen molar-refractivity contribution in [2.45, 2.75) is 31.4 Å². The lowest BCUT2D eigenvalue weighted by atomic mass is 10.1. The molecule has 6 nitrogen and oxygen atoms in total. The van der Waals surface area contributed by atoms with Crippen molar-refractivity contribution in [1.82, 2.24) is 5.32 Å². The molecule has 3 N–H and O–H groups in total. The van der Waals surface area contributed by atoms with Crippen LogP contribution in [0.3, 0.4) is 0 Å². The van der Waals surface area contributed by atoms with Crippen molar-refractivity contribution < 1.29 is 17.9 Å². The van der Waals surface area contributed by atoms with Gasteiger partial charge in [-0.15, -0.1) is 0 Å². The van der Waals surface area contributed by atoms with Gasteiger partial charge in [0.25, 0.3) is 0 Å². The highest BCUT2D eigenvalue weighted by Crippen LogP contribution is 2.29. The second-order valence-corrected chi connectivity index (χ2v) is 9.25. The second kappa shape index (κ2) is 11.3. The van der Waals surface area contributed by atoms with Crippen LogP contribution in [0.25, 0.3) is 0 Å². The smallest absolute Gasteiger partial charge is 0.238 e. The molecule has 170 valence electrons. The zero-order valence-corrected chi connectivity index (χ0v) is 19.5. The van der Waals surface area contributed by atoms with Crippen LogP contribution in [-0.2, 0) is 29.6 Å². The molecule has 0 atom stereocenters. The van der Waals surface area contributed by atoms with Gasteiger partial charge in [0, 0.05) is 11.6 Å². The molecule has 0 spiro atoms. The van der Waals surface area contributed by atoms with Crippen molar-refractivity contribution in [1.29, 1.82) is 0 Å². The first kappa shape index (κ1) is 24.1. The Morgan fingerprint density at radius 2 is 1.66 bits per heavy atom. The third kappa shape index (κ3) is 7.24. The summed E-state index contributed by atoms with van der Waals surface area (Å²) in [6.45, 7) is 4.30. The first-order valence-electron chi connectivity index (χ1n) is 10.3. The molecule has 0 aliphatic carbocycles. The molecule has 0 heterocycles. The molecule has 8 heteroatoms. The fraction of sp³-hybridized carbons (Fsp3) is 0.250. The van der Waals surface area contributed by atoms with Gasteiger partial charge < -0.3 is 14.8 Å². The van der Waals surface area contributed by atoms with Crippen LogP contribution >= 0.6 is 11.6 Å². The van der Waals surface area contributed by atoms with E-state index >= 15 is 0 Å². The minimum atomic E-state index is -3.66. The Morgan fingerprint density at radius 3 is 2.34 bits per heavy atom. The van der Waals surface area contributed by atoms with Gasteiger partial charge in [0.05, 0.1) is 11.5 Å². The van der Waals surface area contributed by atoms with Gasteiger partial charge in [0.15, 0.2) is 11.5 Å². The van der Waals surface area contributed by atoms with E-state index in [0.29, 0.717) is 36.3 Å². The summed E-state index contributed by atoms with van der Waals surface area (Å²) < 4.78 is 34.4. The molecule has 0 saturated heterocycles. The number of sulfonamides is 1. The summed E-state index contributed by atoms with van der Waals surface area (Å²) in [4.78, 5) is 0.121. The second-order valence-electron chi connectivity index (χ2n) is 7.25. The van der Waals surface area contributed by atoms with E-state index < -0.39 is 10.0 Å². The summed E-state index contributed by atoms with van der Waals surface area (Å²) in [5.74, 6) is 1.39. The summed E-state index contributed by atoms with van der Waals surface area (Å²) in [6, 6.07) is 20.1. The molecule has 3 rings (SSSR count). The van der Waals surface area contributed by atoms with Crippen molar-refractivity contribution in [2.24, 2.45) is 5.14 Å². The number of halogens is 1. The van der Waals surface area contributed by atoms with E-state index in [1.54, 1.807) is 12.1 Å². The molecule has 0 aromatic heterocycles. The van der Waals surface area contributed by atoms with Gasteiger partial charge >= 0.3 is 0 Å². The number of ether oxygens (including phenoxy) is 2. The van der Waals surface area contributed by atoms with Crippen LogP contribution in [0.4, 0.5) is 0 Å². The molecule has 0 bridgehead atoms. The number of nitrogens with one attached hydrogen (secondary N) is 1. The van der Waals surface area contributed by atoms with Crippen LogP contribution in [0, 0.1) is 0 Å². The molecule has 3 aromatic rings. The van der Waals surface area contributed by atoms with Crippen LogP contribution in [0.2, 0.25) is 5.02 Å². The summed E-state index contributed by atoms with van der Waals surface area (Å²) in [6.07, 6.45) is 0.768. The topological polar surface area (TPSA) is 90.6 Å². The average Bonchev–Trinajstić information content (AvgIpc) is 2.76. The third-order valence-corrected chi connectivity index (χ3v) is 5.93. The van der Waals surface area contributed by atoms with E-state index in [1.807, 2.05) is 49.4 Å². The predicted octanol–water partition coefficient (Wildman–Crippen LogP) is 4.30. The van der Waals surface area contributed by atoms with Crippen molar-refractivity contribution in [2.75, 3.05) is 13.2 Å². The first-order chi connectivity index (χ1) is 15.3. The Morgan fingerprint density at radius 1 is 0.906 bits per heavy atom. The maximum absolute atomic E-state index is 11.3. The Balaban J connectivity index is 1.53. The SMILES string of the molecule is CCOc1cc(CNCCc2ccc(S(N)(=O)=O)cc2)ccc1OCc1cccc(Cl)c1. The Bertz CT molecular complexity index is 1130. The lowest BCUT2D eigenvalue weighted by Gasteiger charge is -2.14. The van der Waals surface area contributed by atoms with Crippen molar-refractivity contribution >= 4 is 21.6 Å². The fourth-order valence-corrected chi connectivity index (χ4v) is 3.88. The number of benzene rings is 3. The van der Waals surface area contributed by atoms with Crippen molar-refractivity contribution in [3.8, 4) is 11.5 Å². The molecule has 0 unspecified atom stereocenters. The molecular weight excluding hydrogens is 448 g/mol. The van der Waals surface area contributed by atoms with Crippen LogP contribution in [0.15, 0.2) is 71.6 Å². The maximum Gasteiger partial charge on any atom is 0.238 e. The minimum absolute atomic E-state index is 0.121. The molecular formula is C24H27ClN2O4S. The van der Waals surface area contributed by atoms with E-state index in [2.05, 4.69) is 5.32 Å². The summed E-state index contributed by atoms with van der Waals surface area (Å²) in [5, 5.41) is 9.20. The number of primary sulfonamides is 1. The highest BCUT2D eigenvalue weighted by atomic mass is 35.5. The van der Waals surface area contributed by atoms with E-state index in [9.17, 15) is 8.42 Å².